The maximum atomic E-state index is 12.0. The molecule has 0 N–H and O–H groups in total. The summed E-state index contributed by atoms with van der Waals surface area (Å²) in [7, 11) is 0. The standard InChI is InChI=1S/C17H24Cl2O3/c18-15(13-7-9-1-3-11(13)5-9)21-17(20)22-16(19)14-8-10-2-4-12(14)6-10/h9-16H,1-8H2. The Morgan fingerprint density at radius 2 is 1.23 bits per heavy atom. The van der Waals surface area contributed by atoms with Crippen molar-refractivity contribution in [2.24, 2.45) is 35.5 Å². The van der Waals surface area contributed by atoms with Crippen LogP contribution in [0.25, 0.3) is 0 Å². The molecule has 8 atom stereocenters. The number of carbonyl (C=O) groups is 1. The predicted molar refractivity (Wildman–Crippen MR) is 84.7 cm³/mol. The van der Waals surface area contributed by atoms with Crippen molar-refractivity contribution in [1.29, 1.82) is 0 Å². The monoisotopic (exact) mass is 346 g/mol. The maximum Gasteiger partial charge on any atom is 0.511 e. The van der Waals surface area contributed by atoms with Gasteiger partial charge in [-0.15, -0.1) is 0 Å². The van der Waals surface area contributed by atoms with E-state index in [9.17, 15) is 4.79 Å². The zero-order chi connectivity index (χ0) is 15.3. The fraction of sp³-hybridized carbons (Fsp3) is 0.941. The van der Waals surface area contributed by atoms with Crippen LogP contribution in [0, 0.1) is 35.5 Å². The highest BCUT2D eigenvalue weighted by Gasteiger charge is 2.46. The normalized spacial score (nSPS) is 45.0. The van der Waals surface area contributed by atoms with Crippen molar-refractivity contribution in [3.05, 3.63) is 0 Å². The minimum atomic E-state index is -0.689. The van der Waals surface area contributed by atoms with Gasteiger partial charge in [-0.3, -0.25) is 0 Å². The Bertz CT molecular complexity index is 406. The molecule has 4 fully saturated rings. The number of fused-ring (bicyclic) bond motifs is 4. The molecule has 0 aromatic rings. The van der Waals surface area contributed by atoms with E-state index in [2.05, 4.69) is 0 Å². The van der Waals surface area contributed by atoms with E-state index in [4.69, 9.17) is 32.7 Å². The SMILES string of the molecule is O=C(OC(Cl)C1CC2CCC1C2)OC(Cl)C1CC2CCC1C2. The van der Waals surface area contributed by atoms with Crippen molar-refractivity contribution >= 4 is 29.4 Å². The van der Waals surface area contributed by atoms with Crippen molar-refractivity contribution in [2.45, 2.75) is 62.5 Å². The largest absolute Gasteiger partial charge is 0.511 e. The molecule has 0 aromatic heterocycles. The van der Waals surface area contributed by atoms with Crippen molar-refractivity contribution in [2.75, 3.05) is 0 Å². The molecular weight excluding hydrogens is 323 g/mol. The Labute approximate surface area is 142 Å². The van der Waals surface area contributed by atoms with Crippen LogP contribution in [0.4, 0.5) is 4.79 Å². The van der Waals surface area contributed by atoms with Gasteiger partial charge in [-0.05, 0) is 62.2 Å². The molecule has 124 valence electrons. The van der Waals surface area contributed by atoms with Crippen LogP contribution in [0.3, 0.4) is 0 Å². The van der Waals surface area contributed by atoms with Gasteiger partial charge in [0.2, 0.25) is 0 Å². The molecule has 3 nitrogen and oxygen atoms in total. The van der Waals surface area contributed by atoms with Crippen molar-refractivity contribution in [3.8, 4) is 0 Å². The van der Waals surface area contributed by atoms with Crippen LogP contribution in [0.5, 0.6) is 0 Å². The Balaban J connectivity index is 1.26. The quantitative estimate of drug-likeness (QED) is 0.522. The molecule has 0 radical (unpaired) electrons. The zero-order valence-electron chi connectivity index (χ0n) is 12.8. The summed E-state index contributed by atoms with van der Waals surface area (Å²) in [6, 6.07) is 0. The van der Waals surface area contributed by atoms with E-state index in [1.54, 1.807) is 0 Å². The lowest BCUT2D eigenvalue weighted by Gasteiger charge is -2.28. The molecule has 0 aromatic carbocycles. The van der Waals surface area contributed by atoms with Gasteiger partial charge in [-0.25, -0.2) is 4.79 Å². The summed E-state index contributed by atoms with van der Waals surface area (Å²) in [4.78, 5) is 12.0. The third-order valence-electron chi connectivity index (χ3n) is 6.68. The molecule has 4 saturated carbocycles. The van der Waals surface area contributed by atoms with Crippen LogP contribution >= 0.6 is 23.2 Å². The van der Waals surface area contributed by atoms with Crippen molar-refractivity contribution < 1.29 is 14.3 Å². The van der Waals surface area contributed by atoms with E-state index in [1.807, 2.05) is 0 Å². The van der Waals surface area contributed by atoms with Gasteiger partial charge >= 0.3 is 6.16 Å². The molecule has 0 spiro atoms. The summed E-state index contributed by atoms with van der Waals surface area (Å²) in [6.07, 6.45) is 9.04. The average molecular weight is 347 g/mol. The summed E-state index contributed by atoms with van der Waals surface area (Å²) in [5, 5.41) is 0. The first-order valence-electron chi connectivity index (χ1n) is 8.75. The fourth-order valence-electron chi connectivity index (χ4n) is 5.62. The lowest BCUT2D eigenvalue weighted by molar-refractivity contribution is -0.000993. The molecule has 5 heteroatoms. The summed E-state index contributed by atoms with van der Waals surface area (Å²) in [5.41, 5.74) is -1.13. The highest BCUT2D eigenvalue weighted by Crippen LogP contribution is 2.52. The molecule has 0 aliphatic heterocycles. The predicted octanol–water partition coefficient (Wildman–Crippen LogP) is 5.14. The van der Waals surface area contributed by atoms with Gasteiger partial charge in [0.1, 0.15) is 0 Å². The van der Waals surface area contributed by atoms with Crippen LogP contribution in [-0.2, 0) is 9.47 Å². The molecule has 4 aliphatic carbocycles. The highest BCUT2D eigenvalue weighted by molar-refractivity contribution is 6.21. The van der Waals surface area contributed by atoms with E-state index in [1.165, 1.54) is 38.5 Å². The van der Waals surface area contributed by atoms with Crippen LogP contribution in [0.2, 0.25) is 0 Å². The third-order valence-corrected chi connectivity index (χ3v) is 7.50. The topological polar surface area (TPSA) is 35.5 Å². The molecule has 4 bridgehead atoms. The van der Waals surface area contributed by atoms with Gasteiger partial charge in [0.15, 0.2) is 11.1 Å². The second-order valence-corrected chi connectivity index (χ2v) is 8.73. The molecule has 4 rings (SSSR count). The minimum absolute atomic E-state index is 0.296. The van der Waals surface area contributed by atoms with E-state index in [0.29, 0.717) is 23.7 Å². The number of halogens is 2. The van der Waals surface area contributed by atoms with Gasteiger partial charge in [-0.1, -0.05) is 36.0 Å². The fourth-order valence-corrected chi connectivity index (χ4v) is 6.38. The van der Waals surface area contributed by atoms with Gasteiger partial charge in [0, 0.05) is 11.8 Å². The first kappa shape index (κ1) is 15.4. The number of ether oxygens (including phenoxy) is 2. The second-order valence-electron chi connectivity index (χ2n) is 7.87. The third kappa shape index (κ3) is 2.84. The van der Waals surface area contributed by atoms with E-state index in [0.717, 1.165) is 24.7 Å². The summed E-state index contributed by atoms with van der Waals surface area (Å²) in [6.45, 7) is 0. The van der Waals surface area contributed by atoms with Crippen LogP contribution in [0.1, 0.15) is 51.4 Å². The Morgan fingerprint density at radius 3 is 1.55 bits per heavy atom. The maximum absolute atomic E-state index is 12.0. The molecule has 0 heterocycles. The number of alkyl halides is 2. The lowest BCUT2D eigenvalue weighted by Crippen LogP contribution is -2.30. The van der Waals surface area contributed by atoms with Crippen LogP contribution < -0.4 is 0 Å². The Kier molecular flexibility index (Phi) is 4.23. The number of hydrogen-bond donors (Lipinski definition) is 0. The second kappa shape index (κ2) is 6.05. The molecule has 0 saturated heterocycles. The first-order chi connectivity index (χ1) is 10.6. The smallest absolute Gasteiger partial charge is 0.414 e. The summed E-state index contributed by atoms with van der Waals surface area (Å²) in [5.74, 6) is 3.40. The van der Waals surface area contributed by atoms with Gasteiger partial charge < -0.3 is 9.47 Å². The van der Waals surface area contributed by atoms with Crippen LogP contribution in [-0.4, -0.2) is 17.3 Å². The molecule has 4 aliphatic rings. The van der Waals surface area contributed by atoms with Gasteiger partial charge in [0.05, 0.1) is 0 Å². The zero-order valence-corrected chi connectivity index (χ0v) is 14.3. The first-order valence-corrected chi connectivity index (χ1v) is 9.63. The van der Waals surface area contributed by atoms with E-state index in [-0.39, 0.29) is 0 Å². The van der Waals surface area contributed by atoms with Crippen molar-refractivity contribution in [1.82, 2.24) is 0 Å². The van der Waals surface area contributed by atoms with Gasteiger partial charge in [0.25, 0.3) is 0 Å². The molecule has 8 unspecified atom stereocenters. The minimum Gasteiger partial charge on any atom is -0.414 e. The average Bonchev–Trinajstić information content (AvgIpc) is 3.26. The van der Waals surface area contributed by atoms with E-state index >= 15 is 0 Å². The summed E-state index contributed by atoms with van der Waals surface area (Å²) >= 11 is 12.6. The molecule has 0 amide bonds. The molecule has 22 heavy (non-hydrogen) atoms. The Hall–Kier alpha value is -0.150. The molecular formula is C17H24Cl2O3. The highest BCUT2D eigenvalue weighted by atomic mass is 35.5. The van der Waals surface area contributed by atoms with Crippen LogP contribution in [0.15, 0.2) is 0 Å². The number of rotatable bonds is 4. The summed E-state index contributed by atoms with van der Waals surface area (Å²) < 4.78 is 10.6. The van der Waals surface area contributed by atoms with E-state index < -0.39 is 17.3 Å². The van der Waals surface area contributed by atoms with Gasteiger partial charge in [-0.2, -0.15) is 0 Å². The Morgan fingerprint density at radius 1 is 0.773 bits per heavy atom. The lowest BCUT2D eigenvalue weighted by atomic mass is 9.89. The number of hydrogen-bond acceptors (Lipinski definition) is 3. The van der Waals surface area contributed by atoms with Crippen molar-refractivity contribution in [3.63, 3.8) is 0 Å². The number of carbonyl (C=O) groups excluding carboxylic acids is 1.